The van der Waals surface area contributed by atoms with Crippen LogP contribution < -0.4 is 5.73 Å². The average molecular weight is 216 g/mol. The van der Waals surface area contributed by atoms with Gasteiger partial charge in [-0.25, -0.2) is 4.98 Å². The zero-order chi connectivity index (χ0) is 11.5. The Morgan fingerprint density at radius 1 is 1.19 bits per heavy atom. The second-order valence-electron chi connectivity index (χ2n) is 3.95. The molecular weight excluding hydrogens is 200 g/mol. The van der Waals surface area contributed by atoms with Crippen molar-refractivity contribution < 1.29 is 4.42 Å². The topological polar surface area (TPSA) is 52.0 Å². The van der Waals surface area contributed by atoms with Crippen molar-refractivity contribution in [3.63, 3.8) is 0 Å². The van der Waals surface area contributed by atoms with Crippen molar-refractivity contribution in [1.29, 1.82) is 0 Å². The summed E-state index contributed by atoms with van der Waals surface area (Å²) in [5, 5.41) is 0. The van der Waals surface area contributed by atoms with E-state index in [4.69, 9.17) is 10.2 Å². The van der Waals surface area contributed by atoms with Gasteiger partial charge in [0, 0.05) is 12.1 Å². The van der Waals surface area contributed by atoms with Crippen LogP contribution in [-0.4, -0.2) is 4.98 Å². The van der Waals surface area contributed by atoms with Crippen molar-refractivity contribution >= 4 is 5.69 Å². The highest BCUT2D eigenvalue weighted by Crippen LogP contribution is 2.15. The molecule has 3 heteroatoms. The quantitative estimate of drug-likeness (QED) is 0.802. The van der Waals surface area contributed by atoms with E-state index in [1.807, 2.05) is 38.1 Å². The van der Waals surface area contributed by atoms with Gasteiger partial charge in [-0.05, 0) is 31.9 Å². The van der Waals surface area contributed by atoms with E-state index in [2.05, 4.69) is 4.98 Å². The monoisotopic (exact) mass is 216 g/mol. The normalized spacial score (nSPS) is 10.6. The summed E-state index contributed by atoms with van der Waals surface area (Å²) in [6.45, 7) is 3.89. The third-order valence-corrected chi connectivity index (χ3v) is 2.74. The first-order chi connectivity index (χ1) is 7.66. The number of aromatic nitrogens is 1. The van der Waals surface area contributed by atoms with Gasteiger partial charge >= 0.3 is 0 Å². The predicted octanol–water partition coefficient (Wildman–Crippen LogP) is 2.66. The summed E-state index contributed by atoms with van der Waals surface area (Å²) in [5.41, 5.74) is 8.82. The number of anilines is 1. The Balaban J connectivity index is 2.05. The van der Waals surface area contributed by atoms with E-state index in [-0.39, 0.29) is 0 Å². The van der Waals surface area contributed by atoms with Crippen LogP contribution >= 0.6 is 0 Å². The highest BCUT2D eigenvalue weighted by atomic mass is 16.4. The molecule has 1 aromatic carbocycles. The number of nitrogen functional groups attached to an aromatic ring is 1. The molecule has 2 rings (SSSR count). The molecule has 0 aliphatic heterocycles. The van der Waals surface area contributed by atoms with E-state index in [0.29, 0.717) is 0 Å². The summed E-state index contributed by atoms with van der Waals surface area (Å²) in [6, 6.07) is 7.90. The Morgan fingerprint density at radius 2 is 1.94 bits per heavy atom. The van der Waals surface area contributed by atoms with Crippen LogP contribution in [-0.2, 0) is 12.8 Å². The number of oxazole rings is 1. The molecule has 0 saturated carbocycles. The van der Waals surface area contributed by atoms with Crippen LogP contribution in [0.4, 0.5) is 5.69 Å². The fourth-order valence-electron chi connectivity index (χ4n) is 1.65. The molecule has 0 amide bonds. The van der Waals surface area contributed by atoms with Crippen molar-refractivity contribution in [2.45, 2.75) is 26.7 Å². The third kappa shape index (κ3) is 2.24. The minimum Gasteiger partial charge on any atom is -0.446 e. The molecule has 0 unspecified atom stereocenters. The first kappa shape index (κ1) is 10.7. The number of aryl methyl sites for hydroxylation is 4. The summed E-state index contributed by atoms with van der Waals surface area (Å²) in [6.07, 6.45) is 1.66. The van der Waals surface area contributed by atoms with Crippen LogP contribution in [0.1, 0.15) is 22.9 Å². The first-order valence-electron chi connectivity index (χ1n) is 5.43. The summed E-state index contributed by atoms with van der Waals surface area (Å²) in [7, 11) is 0. The van der Waals surface area contributed by atoms with E-state index < -0.39 is 0 Å². The fraction of sp³-hybridized carbons (Fsp3) is 0.308. The molecule has 1 heterocycles. The average Bonchev–Trinajstić information content (AvgIpc) is 2.57. The number of hydrogen-bond acceptors (Lipinski definition) is 3. The molecule has 0 aliphatic carbocycles. The molecule has 84 valence electrons. The summed E-state index contributed by atoms with van der Waals surface area (Å²) >= 11 is 0. The minimum atomic E-state index is 0.790. The zero-order valence-corrected chi connectivity index (χ0v) is 9.66. The standard InChI is InChI=1S/C13H16N2O/c1-9-10(2)16-13(15-9)8-7-11-5-3-4-6-12(11)14/h3-6H,7-8,14H2,1-2H3. The van der Waals surface area contributed by atoms with Gasteiger partial charge in [0.05, 0.1) is 5.69 Å². The lowest BCUT2D eigenvalue weighted by Gasteiger charge is -2.02. The highest BCUT2D eigenvalue weighted by Gasteiger charge is 2.06. The van der Waals surface area contributed by atoms with Crippen LogP contribution in [0.2, 0.25) is 0 Å². The molecule has 2 aromatic rings. The van der Waals surface area contributed by atoms with E-state index >= 15 is 0 Å². The summed E-state index contributed by atoms with van der Waals surface area (Å²) in [4.78, 5) is 4.35. The van der Waals surface area contributed by atoms with Gasteiger partial charge in [0.25, 0.3) is 0 Å². The van der Waals surface area contributed by atoms with Gasteiger partial charge in [-0.3, -0.25) is 0 Å². The molecule has 0 radical (unpaired) electrons. The third-order valence-electron chi connectivity index (χ3n) is 2.74. The van der Waals surface area contributed by atoms with Gasteiger partial charge in [0.1, 0.15) is 5.76 Å². The van der Waals surface area contributed by atoms with Gasteiger partial charge in [-0.15, -0.1) is 0 Å². The van der Waals surface area contributed by atoms with Crippen LogP contribution in [0.15, 0.2) is 28.7 Å². The Labute approximate surface area is 95.3 Å². The zero-order valence-electron chi connectivity index (χ0n) is 9.66. The smallest absolute Gasteiger partial charge is 0.194 e. The van der Waals surface area contributed by atoms with E-state index in [9.17, 15) is 0 Å². The lowest BCUT2D eigenvalue weighted by Crippen LogP contribution is -1.96. The largest absolute Gasteiger partial charge is 0.446 e. The Hall–Kier alpha value is -1.77. The molecule has 0 saturated heterocycles. The lowest BCUT2D eigenvalue weighted by molar-refractivity contribution is 0.470. The van der Waals surface area contributed by atoms with Crippen LogP contribution in [0.25, 0.3) is 0 Å². The summed E-state index contributed by atoms with van der Waals surface area (Å²) < 4.78 is 5.52. The van der Waals surface area contributed by atoms with Crippen molar-refractivity contribution in [3.05, 3.63) is 47.2 Å². The number of hydrogen-bond donors (Lipinski definition) is 1. The molecule has 3 nitrogen and oxygen atoms in total. The SMILES string of the molecule is Cc1nc(CCc2ccccc2N)oc1C. The van der Waals surface area contributed by atoms with Gasteiger partial charge in [-0.1, -0.05) is 18.2 Å². The molecule has 16 heavy (non-hydrogen) atoms. The van der Waals surface area contributed by atoms with Crippen molar-refractivity contribution in [1.82, 2.24) is 4.98 Å². The molecular formula is C13H16N2O. The highest BCUT2D eigenvalue weighted by molar-refractivity contribution is 5.46. The first-order valence-corrected chi connectivity index (χ1v) is 5.43. The molecule has 1 aromatic heterocycles. The number of rotatable bonds is 3. The van der Waals surface area contributed by atoms with Crippen LogP contribution in [0.5, 0.6) is 0 Å². The second kappa shape index (κ2) is 4.39. The van der Waals surface area contributed by atoms with E-state index in [1.165, 1.54) is 0 Å². The summed E-state index contributed by atoms with van der Waals surface area (Å²) in [5.74, 6) is 1.69. The van der Waals surface area contributed by atoms with Gasteiger partial charge in [0.2, 0.25) is 0 Å². The number of para-hydroxylation sites is 1. The van der Waals surface area contributed by atoms with E-state index in [0.717, 1.165) is 41.4 Å². The second-order valence-corrected chi connectivity index (χ2v) is 3.95. The maximum Gasteiger partial charge on any atom is 0.194 e. The maximum atomic E-state index is 5.87. The Bertz CT molecular complexity index is 469. The van der Waals surface area contributed by atoms with Gasteiger partial charge in [0.15, 0.2) is 5.89 Å². The minimum absolute atomic E-state index is 0.790. The van der Waals surface area contributed by atoms with Crippen molar-refractivity contribution in [2.24, 2.45) is 0 Å². The molecule has 2 N–H and O–H groups in total. The molecule has 0 aliphatic rings. The Kier molecular flexibility index (Phi) is 2.95. The van der Waals surface area contributed by atoms with Crippen LogP contribution in [0.3, 0.4) is 0 Å². The molecule has 0 spiro atoms. The van der Waals surface area contributed by atoms with Crippen molar-refractivity contribution in [3.8, 4) is 0 Å². The molecule has 0 bridgehead atoms. The van der Waals surface area contributed by atoms with Crippen LogP contribution in [0, 0.1) is 13.8 Å². The predicted molar refractivity (Wildman–Crippen MR) is 64.2 cm³/mol. The number of nitrogens with zero attached hydrogens (tertiary/aromatic N) is 1. The van der Waals surface area contributed by atoms with Gasteiger partial charge in [-0.2, -0.15) is 0 Å². The Morgan fingerprint density at radius 3 is 2.56 bits per heavy atom. The number of nitrogens with two attached hydrogens (primary N) is 1. The molecule has 0 atom stereocenters. The molecule has 0 fully saturated rings. The lowest BCUT2D eigenvalue weighted by atomic mass is 10.1. The van der Waals surface area contributed by atoms with Gasteiger partial charge < -0.3 is 10.2 Å². The fourth-order valence-corrected chi connectivity index (χ4v) is 1.65. The number of benzene rings is 1. The maximum absolute atomic E-state index is 5.87. The van der Waals surface area contributed by atoms with E-state index in [1.54, 1.807) is 0 Å². The van der Waals surface area contributed by atoms with Crippen molar-refractivity contribution in [2.75, 3.05) is 5.73 Å².